The highest BCUT2D eigenvalue weighted by Crippen LogP contribution is 2.59. The van der Waals surface area contributed by atoms with Gasteiger partial charge in [-0.3, -0.25) is 0 Å². The van der Waals surface area contributed by atoms with Crippen LogP contribution in [-0.4, -0.2) is 9.97 Å². The molecule has 0 radical (unpaired) electrons. The molecule has 0 saturated heterocycles. The third-order valence-corrected chi connectivity index (χ3v) is 18.0. The van der Waals surface area contributed by atoms with Crippen molar-refractivity contribution in [1.82, 2.24) is 9.97 Å². The molecule has 1 aliphatic rings. The van der Waals surface area contributed by atoms with Crippen LogP contribution in [0, 0.1) is 0 Å². The van der Waals surface area contributed by atoms with Crippen molar-refractivity contribution in [2.45, 2.75) is 5.41 Å². The zero-order valence-corrected chi connectivity index (χ0v) is 45.6. The van der Waals surface area contributed by atoms with Crippen molar-refractivity contribution < 1.29 is 0 Å². The van der Waals surface area contributed by atoms with Crippen LogP contribution in [-0.2, 0) is 5.41 Å². The first-order valence-corrected chi connectivity index (χ1v) is 29.0. The molecule has 0 unspecified atom stereocenters. The molecule has 382 valence electrons. The van der Waals surface area contributed by atoms with Crippen LogP contribution in [0.2, 0.25) is 0 Å². The number of fused-ring (bicyclic) bond motifs is 5. The summed E-state index contributed by atoms with van der Waals surface area (Å²) in [7, 11) is 0. The van der Waals surface area contributed by atoms with Crippen LogP contribution in [0.25, 0.3) is 75.0 Å². The average molecular weight is 1070 g/mol. The smallest absolute Gasteiger partial charge is 0.124 e. The van der Waals surface area contributed by atoms with E-state index in [0.717, 1.165) is 77.4 Å². The maximum Gasteiger partial charge on any atom is 0.124 e. The number of hydrogen-bond acceptors (Lipinski definition) is 6. The first-order chi connectivity index (χ1) is 40.1. The Morgan fingerprint density at radius 1 is 0.259 bits per heavy atom. The molecule has 0 saturated carbocycles. The van der Waals surface area contributed by atoms with Gasteiger partial charge in [0.1, 0.15) is 10.0 Å². The van der Waals surface area contributed by atoms with Crippen LogP contribution in [0.4, 0.5) is 34.1 Å². The van der Waals surface area contributed by atoms with E-state index in [9.17, 15) is 0 Å². The van der Waals surface area contributed by atoms with Gasteiger partial charge in [-0.1, -0.05) is 182 Å². The fraction of sp³-hybridized carbons (Fsp3) is 0.0133. The van der Waals surface area contributed by atoms with Crippen LogP contribution < -0.4 is 9.80 Å². The zero-order valence-electron chi connectivity index (χ0n) is 44.0. The molecule has 0 fully saturated rings. The van der Waals surface area contributed by atoms with Crippen molar-refractivity contribution in [3.8, 4) is 54.5 Å². The van der Waals surface area contributed by atoms with Crippen molar-refractivity contribution in [1.29, 1.82) is 0 Å². The van der Waals surface area contributed by atoms with Gasteiger partial charge in [-0.2, -0.15) is 0 Å². The van der Waals surface area contributed by atoms with Gasteiger partial charge in [0.05, 0.1) is 25.8 Å². The van der Waals surface area contributed by atoms with Gasteiger partial charge >= 0.3 is 0 Å². The van der Waals surface area contributed by atoms with Gasteiger partial charge in [-0.25, -0.2) is 9.97 Å². The summed E-state index contributed by atoms with van der Waals surface area (Å²) in [6.45, 7) is 0. The van der Waals surface area contributed by atoms with Crippen molar-refractivity contribution in [2.24, 2.45) is 0 Å². The second kappa shape index (κ2) is 20.4. The molecular weight excluding hydrogens is 1020 g/mol. The van der Waals surface area contributed by atoms with Crippen LogP contribution >= 0.6 is 22.7 Å². The molecule has 4 nitrogen and oxygen atoms in total. The van der Waals surface area contributed by atoms with E-state index >= 15 is 0 Å². The fourth-order valence-electron chi connectivity index (χ4n) is 12.0. The number of aromatic nitrogens is 2. The topological polar surface area (TPSA) is 32.3 Å². The van der Waals surface area contributed by atoms with Gasteiger partial charge < -0.3 is 9.80 Å². The number of rotatable bonds is 12. The van der Waals surface area contributed by atoms with Gasteiger partial charge in [-0.05, 0) is 177 Å². The van der Waals surface area contributed by atoms with Gasteiger partial charge in [0.2, 0.25) is 0 Å². The van der Waals surface area contributed by atoms with E-state index < -0.39 is 5.41 Å². The van der Waals surface area contributed by atoms with E-state index in [1.54, 1.807) is 22.7 Å². The average Bonchev–Trinajstić information content (AvgIpc) is 3.33. The molecule has 12 aromatic carbocycles. The van der Waals surface area contributed by atoms with E-state index in [2.05, 4.69) is 313 Å². The van der Waals surface area contributed by atoms with Gasteiger partial charge in [0.15, 0.2) is 0 Å². The molecule has 2 heterocycles. The van der Waals surface area contributed by atoms with E-state index in [0.29, 0.717) is 0 Å². The van der Waals surface area contributed by atoms with Crippen LogP contribution in [0.5, 0.6) is 0 Å². The minimum absolute atomic E-state index is 0.721. The molecule has 81 heavy (non-hydrogen) atoms. The summed E-state index contributed by atoms with van der Waals surface area (Å²) in [5.74, 6) is 0. The van der Waals surface area contributed by atoms with E-state index in [-0.39, 0.29) is 0 Å². The quantitative estimate of drug-likeness (QED) is 0.122. The normalized spacial score (nSPS) is 12.3. The molecule has 0 spiro atoms. The maximum absolute atomic E-state index is 5.04. The fourth-order valence-corrected chi connectivity index (χ4v) is 14.0. The van der Waals surface area contributed by atoms with Crippen molar-refractivity contribution >= 4 is 77.2 Å². The lowest BCUT2D eigenvalue weighted by atomic mass is 9.67. The Labute approximate surface area is 479 Å². The lowest BCUT2D eigenvalue weighted by molar-refractivity contribution is 0.768. The standard InChI is InChI=1S/C75H50N4S2/c1-5-19-51(20-6-1)55-23-17-29-61(47-55)78(59-39-35-53(36-40-59)73-76-69-31-13-15-33-71(69)80-73)63-43-45-65-66-46-44-64(50-68(66)75(67(65)49-63,57-25-9-3-10-26-57)58-27-11-4-12-28-58)79(62-30-18-24-56(48-62)52-21-7-2-8-22-52)60-41-37-54(38-42-60)74-77-70-32-14-16-34-72(70)81-74/h1-50H. The first-order valence-electron chi connectivity index (χ1n) is 27.4. The predicted octanol–water partition coefficient (Wildman–Crippen LogP) is 20.9. The zero-order chi connectivity index (χ0) is 53.7. The molecule has 14 aromatic rings. The monoisotopic (exact) mass is 1070 g/mol. The Hall–Kier alpha value is -9.98. The Balaban J connectivity index is 0.920. The molecule has 15 rings (SSSR count). The molecule has 6 heteroatoms. The summed E-state index contributed by atoms with van der Waals surface area (Å²) in [6.07, 6.45) is 0. The van der Waals surface area contributed by atoms with Crippen LogP contribution in [0.3, 0.4) is 0 Å². The number of para-hydroxylation sites is 2. The van der Waals surface area contributed by atoms with Gasteiger partial charge in [0, 0.05) is 45.3 Å². The SMILES string of the molecule is c1ccc(-c2cccc(N(c3ccc(-c4nc5ccccc5s4)cc3)c3ccc4c(c3)C(c3ccccc3)(c3ccccc3)c3cc(N(c5ccc(-c6nc7ccccc7s6)cc5)c5cccc(-c6ccccc6)c5)ccc3-4)c2)cc1. The third kappa shape index (κ3) is 8.61. The van der Waals surface area contributed by atoms with Crippen molar-refractivity contribution in [3.63, 3.8) is 0 Å². The summed E-state index contributed by atoms with van der Waals surface area (Å²) >= 11 is 3.46. The molecule has 0 bridgehead atoms. The highest BCUT2D eigenvalue weighted by atomic mass is 32.1. The Bertz CT molecular complexity index is 4210. The molecule has 1 aliphatic carbocycles. The number of hydrogen-bond donors (Lipinski definition) is 0. The van der Waals surface area contributed by atoms with Gasteiger partial charge in [-0.15, -0.1) is 22.7 Å². The summed E-state index contributed by atoms with van der Waals surface area (Å²) in [6, 6.07) is 110. The maximum atomic E-state index is 5.04. The second-order valence-electron chi connectivity index (χ2n) is 20.5. The first kappa shape index (κ1) is 48.2. The number of nitrogens with zero attached hydrogens (tertiary/aromatic N) is 4. The molecule has 0 amide bonds. The number of benzene rings is 12. The highest BCUT2D eigenvalue weighted by Gasteiger charge is 2.47. The lowest BCUT2D eigenvalue weighted by Crippen LogP contribution is -2.29. The molecule has 0 aliphatic heterocycles. The number of anilines is 6. The number of thiazole rings is 2. The second-order valence-corrected chi connectivity index (χ2v) is 22.6. The minimum atomic E-state index is -0.721. The van der Waals surface area contributed by atoms with E-state index in [1.165, 1.54) is 53.9 Å². The van der Waals surface area contributed by atoms with E-state index in [1.807, 2.05) is 0 Å². The summed E-state index contributed by atoms with van der Waals surface area (Å²) in [5, 5.41) is 2.02. The Morgan fingerprint density at radius 2 is 0.605 bits per heavy atom. The largest absolute Gasteiger partial charge is 0.310 e. The Kier molecular flexibility index (Phi) is 12.1. The minimum Gasteiger partial charge on any atom is -0.310 e. The molecule has 0 N–H and O–H groups in total. The predicted molar refractivity (Wildman–Crippen MR) is 341 cm³/mol. The van der Waals surface area contributed by atoms with Crippen molar-refractivity contribution in [3.05, 3.63) is 326 Å². The van der Waals surface area contributed by atoms with Crippen LogP contribution in [0.15, 0.2) is 303 Å². The summed E-state index contributed by atoms with van der Waals surface area (Å²) < 4.78 is 2.37. The Morgan fingerprint density at radius 3 is 1.01 bits per heavy atom. The summed E-state index contributed by atoms with van der Waals surface area (Å²) in [5.41, 5.74) is 21.7. The van der Waals surface area contributed by atoms with Gasteiger partial charge in [0.25, 0.3) is 0 Å². The molecular formula is C75H50N4S2. The van der Waals surface area contributed by atoms with Crippen molar-refractivity contribution in [2.75, 3.05) is 9.80 Å². The van der Waals surface area contributed by atoms with Crippen LogP contribution in [0.1, 0.15) is 22.3 Å². The molecule has 0 atom stereocenters. The molecule has 2 aromatic heterocycles. The highest BCUT2D eigenvalue weighted by molar-refractivity contribution is 7.22. The lowest BCUT2D eigenvalue weighted by Gasteiger charge is -2.35. The third-order valence-electron chi connectivity index (χ3n) is 15.8. The summed E-state index contributed by atoms with van der Waals surface area (Å²) in [4.78, 5) is 14.9. The van der Waals surface area contributed by atoms with E-state index in [4.69, 9.17) is 9.97 Å².